The van der Waals surface area contributed by atoms with Crippen LogP contribution in [0.2, 0.25) is 5.02 Å². The van der Waals surface area contributed by atoms with Crippen LogP contribution >= 0.6 is 11.6 Å². The van der Waals surface area contributed by atoms with Gasteiger partial charge in [-0.25, -0.2) is 4.98 Å². The summed E-state index contributed by atoms with van der Waals surface area (Å²) in [5.41, 5.74) is 5.68. The van der Waals surface area contributed by atoms with Crippen molar-refractivity contribution in [3.63, 3.8) is 0 Å². The predicted octanol–water partition coefficient (Wildman–Crippen LogP) is 1.58. The Hall–Kier alpha value is -1.39. The van der Waals surface area contributed by atoms with Gasteiger partial charge in [0.1, 0.15) is 5.82 Å². The Morgan fingerprint density at radius 2 is 2.38 bits per heavy atom. The molecule has 0 bridgehead atoms. The molecular formula is C11H12ClN3O. The second kappa shape index (κ2) is 4.63. The fourth-order valence-corrected chi connectivity index (χ4v) is 1.77. The van der Waals surface area contributed by atoms with Crippen LogP contribution < -0.4 is 11.1 Å². The van der Waals surface area contributed by atoms with Gasteiger partial charge >= 0.3 is 0 Å². The fraction of sp³-hybridized carbons (Fsp3) is 0.273. The lowest BCUT2D eigenvalue weighted by Gasteiger charge is -2.09. The number of aromatic nitrogens is 1. The molecule has 5 heteroatoms. The molecule has 0 spiro atoms. The van der Waals surface area contributed by atoms with Gasteiger partial charge in [0, 0.05) is 17.3 Å². The maximum Gasteiger partial charge on any atom is 0.232 e. The Morgan fingerprint density at radius 1 is 1.56 bits per heavy atom. The number of nitrogens with two attached hydrogens (primary N) is 1. The lowest BCUT2D eigenvalue weighted by Crippen LogP contribution is -2.24. The molecule has 1 amide bonds. The summed E-state index contributed by atoms with van der Waals surface area (Å²) < 4.78 is 0. The normalized spacial score (nSPS) is 23.4. The Labute approximate surface area is 98.5 Å². The van der Waals surface area contributed by atoms with E-state index in [2.05, 4.69) is 10.3 Å². The molecule has 0 fully saturated rings. The molecule has 16 heavy (non-hydrogen) atoms. The van der Waals surface area contributed by atoms with Gasteiger partial charge in [-0.1, -0.05) is 23.8 Å². The fourth-order valence-electron chi connectivity index (χ4n) is 1.61. The smallest absolute Gasteiger partial charge is 0.232 e. The number of carbonyl (C=O) groups is 1. The highest BCUT2D eigenvalue weighted by Crippen LogP contribution is 2.19. The van der Waals surface area contributed by atoms with Crippen LogP contribution in [0.3, 0.4) is 0 Å². The van der Waals surface area contributed by atoms with Crippen LogP contribution in [0.15, 0.2) is 30.5 Å². The average molecular weight is 238 g/mol. The molecule has 1 aliphatic carbocycles. The van der Waals surface area contributed by atoms with Gasteiger partial charge in [-0.2, -0.15) is 0 Å². The minimum atomic E-state index is -0.171. The van der Waals surface area contributed by atoms with Gasteiger partial charge in [0.2, 0.25) is 5.91 Å². The summed E-state index contributed by atoms with van der Waals surface area (Å²) in [5, 5.41) is 3.25. The Bertz CT molecular complexity index is 433. The summed E-state index contributed by atoms with van der Waals surface area (Å²) in [6.45, 7) is 0. The first-order valence-electron chi connectivity index (χ1n) is 5.01. The number of pyridine rings is 1. The number of nitrogens with one attached hydrogen (secondary N) is 1. The zero-order chi connectivity index (χ0) is 11.5. The van der Waals surface area contributed by atoms with Crippen molar-refractivity contribution >= 4 is 23.3 Å². The average Bonchev–Trinajstić information content (AvgIpc) is 2.65. The van der Waals surface area contributed by atoms with Gasteiger partial charge < -0.3 is 11.1 Å². The molecule has 2 rings (SSSR count). The van der Waals surface area contributed by atoms with Crippen molar-refractivity contribution in [1.29, 1.82) is 0 Å². The third-order valence-corrected chi connectivity index (χ3v) is 2.66. The van der Waals surface area contributed by atoms with Crippen LogP contribution in [0, 0.1) is 5.92 Å². The summed E-state index contributed by atoms with van der Waals surface area (Å²) in [6, 6.07) is 3.24. The molecule has 3 N–H and O–H groups in total. The van der Waals surface area contributed by atoms with E-state index in [1.807, 2.05) is 12.2 Å². The number of rotatable bonds is 2. The van der Waals surface area contributed by atoms with Crippen molar-refractivity contribution < 1.29 is 4.79 Å². The zero-order valence-electron chi connectivity index (χ0n) is 8.56. The summed E-state index contributed by atoms with van der Waals surface area (Å²) in [4.78, 5) is 15.8. The van der Waals surface area contributed by atoms with Gasteiger partial charge in [-0.3, -0.25) is 4.79 Å². The quantitative estimate of drug-likeness (QED) is 0.768. The van der Waals surface area contributed by atoms with E-state index in [9.17, 15) is 4.79 Å². The topological polar surface area (TPSA) is 68.0 Å². The highest BCUT2D eigenvalue weighted by atomic mass is 35.5. The molecule has 84 valence electrons. The summed E-state index contributed by atoms with van der Waals surface area (Å²) >= 11 is 5.79. The number of nitrogens with zero attached hydrogens (tertiary/aromatic N) is 1. The number of hydrogen-bond donors (Lipinski definition) is 2. The molecule has 4 nitrogen and oxygen atoms in total. The van der Waals surface area contributed by atoms with Crippen molar-refractivity contribution in [2.45, 2.75) is 12.5 Å². The van der Waals surface area contributed by atoms with E-state index >= 15 is 0 Å². The highest BCUT2D eigenvalue weighted by molar-refractivity contribution is 6.30. The number of carbonyl (C=O) groups excluding carboxylic acids is 1. The zero-order valence-corrected chi connectivity index (χ0v) is 9.32. The van der Waals surface area contributed by atoms with Crippen LogP contribution in [-0.4, -0.2) is 16.9 Å². The molecule has 2 atom stereocenters. The van der Waals surface area contributed by atoms with Crippen LogP contribution in [-0.2, 0) is 4.79 Å². The molecule has 0 aromatic carbocycles. The van der Waals surface area contributed by atoms with Crippen LogP contribution in [0.4, 0.5) is 5.82 Å². The third kappa shape index (κ3) is 2.59. The molecule has 1 aliphatic rings. The predicted molar refractivity (Wildman–Crippen MR) is 63.1 cm³/mol. The summed E-state index contributed by atoms with van der Waals surface area (Å²) in [7, 11) is 0. The van der Waals surface area contributed by atoms with E-state index < -0.39 is 0 Å². The lowest BCUT2D eigenvalue weighted by atomic mass is 10.1. The Morgan fingerprint density at radius 3 is 3.00 bits per heavy atom. The summed E-state index contributed by atoms with van der Waals surface area (Å²) in [5.74, 6) is 0.195. The van der Waals surface area contributed by atoms with Crippen molar-refractivity contribution in [1.82, 2.24) is 4.98 Å². The van der Waals surface area contributed by atoms with E-state index in [1.54, 1.807) is 18.3 Å². The SMILES string of the molecule is NC1C=CC(C(=O)Nc2cc(Cl)ccn2)C1. The van der Waals surface area contributed by atoms with Crippen LogP contribution in [0.5, 0.6) is 0 Å². The number of amides is 1. The molecule has 2 unspecified atom stereocenters. The molecule has 0 radical (unpaired) electrons. The second-order valence-electron chi connectivity index (χ2n) is 3.74. The van der Waals surface area contributed by atoms with Gasteiger partial charge in [-0.05, 0) is 18.6 Å². The Balaban J connectivity index is 2.00. The van der Waals surface area contributed by atoms with E-state index in [1.165, 1.54) is 0 Å². The molecule has 1 aromatic heterocycles. The van der Waals surface area contributed by atoms with E-state index in [0.29, 0.717) is 17.3 Å². The molecule has 1 aromatic rings. The maximum absolute atomic E-state index is 11.8. The van der Waals surface area contributed by atoms with Crippen molar-refractivity contribution in [3.05, 3.63) is 35.5 Å². The first-order chi connectivity index (χ1) is 7.65. The van der Waals surface area contributed by atoms with Crippen molar-refractivity contribution in [2.75, 3.05) is 5.32 Å². The molecular weight excluding hydrogens is 226 g/mol. The van der Waals surface area contributed by atoms with Gasteiger partial charge in [-0.15, -0.1) is 0 Å². The largest absolute Gasteiger partial charge is 0.324 e. The number of hydrogen-bond acceptors (Lipinski definition) is 3. The minimum absolute atomic E-state index is 0.0249. The molecule has 1 heterocycles. The minimum Gasteiger partial charge on any atom is -0.324 e. The van der Waals surface area contributed by atoms with Crippen molar-refractivity contribution in [2.24, 2.45) is 11.7 Å². The van der Waals surface area contributed by atoms with Gasteiger partial charge in [0.15, 0.2) is 0 Å². The van der Waals surface area contributed by atoms with E-state index in [4.69, 9.17) is 17.3 Å². The van der Waals surface area contributed by atoms with E-state index in [0.717, 1.165) is 0 Å². The molecule has 0 saturated carbocycles. The van der Waals surface area contributed by atoms with Gasteiger partial charge in [0.05, 0.1) is 5.92 Å². The van der Waals surface area contributed by atoms with Gasteiger partial charge in [0.25, 0.3) is 0 Å². The van der Waals surface area contributed by atoms with Crippen LogP contribution in [0.25, 0.3) is 0 Å². The van der Waals surface area contributed by atoms with E-state index in [-0.39, 0.29) is 17.9 Å². The molecule has 0 saturated heterocycles. The lowest BCUT2D eigenvalue weighted by molar-refractivity contribution is -0.118. The Kier molecular flexibility index (Phi) is 3.22. The molecule has 0 aliphatic heterocycles. The highest BCUT2D eigenvalue weighted by Gasteiger charge is 2.22. The van der Waals surface area contributed by atoms with Crippen molar-refractivity contribution in [3.8, 4) is 0 Å². The standard InChI is InChI=1S/C11H12ClN3O/c12-8-3-4-14-10(6-8)15-11(16)7-1-2-9(13)5-7/h1-4,6-7,9H,5,13H2,(H,14,15,16). The first kappa shape index (κ1) is 11.1. The third-order valence-electron chi connectivity index (χ3n) is 2.43. The number of anilines is 1. The van der Waals surface area contributed by atoms with Crippen LogP contribution in [0.1, 0.15) is 6.42 Å². The summed E-state index contributed by atoms with van der Waals surface area (Å²) in [6.07, 6.45) is 5.86. The number of halogens is 1. The maximum atomic E-state index is 11.8. The monoisotopic (exact) mass is 237 g/mol. The first-order valence-corrected chi connectivity index (χ1v) is 5.39. The second-order valence-corrected chi connectivity index (χ2v) is 4.18.